The van der Waals surface area contributed by atoms with E-state index in [4.69, 9.17) is 0 Å². The lowest BCUT2D eigenvalue weighted by Crippen LogP contribution is -2.30. The summed E-state index contributed by atoms with van der Waals surface area (Å²) in [5.74, 6) is -0.994. The molecular formula is C25H21F7N6O2. The number of alkyl halides is 6. The van der Waals surface area contributed by atoms with Crippen LogP contribution in [0.1, 0.15) is 30.6 Å². The van der Waals surface area contributed by atoms with Gasteiger partial charge < -0.3 is 9.88 Å². The van der Waals surface area contributed by atoms with Gasteiger partial charge in [0.15, 0.2) is 12.0 Å². The lowest BCUT2D eigenvalue weighted by Gasteiger charge is -2.20. The Morgan fingerprint density at radius 2 is 1.80 bits per heavy atom. The molecule has 0 bridgehead atoms. The number of hydrogen-bond acceptors (Lipinski definition) is 6. The van der Waals surface area contributed by atoms with Gasteiger partial charge in [-0.15, -0.1) is 0 Å². The van der Waals surface area contributed by atoms with Crippen LogP contribution in [0.5, 0.6) is 0 Å². The largest absolute Gasteiger partial charge is 0.423 e. The molecule has 0 saturated heterocycles. The Morgan fingerprint density at radius 3 is 2.45 bits per heavy atom. The first-order valence-electron chi connectivity index (χ1n) is 11.8. The van der Waals surface area contributed by atoms with Gasteiger partial charge in [0.1, 0.15) is 24.2 Å². The van der Waals surface area contributed by atoms with E-state index in [1.165, 1.54) is 25.3 Å². The lowest BCUT2D eigenvalue weighted by molar-refractivity contribution is -0.138. The third-order valence-electron chi connectivity index (χ3n) is 6.02. The van der Waals surface area contributed by atoms with Crippen LogP contribution in [0.3, 0.4) is 0 Å². The van der Waals surface area contributed by atoms with Crippen molar-refractivity contribution in [1.82, 2.24) is 24.7 Å². The Morgan fingerprint density at radius 1 is 1.10 bits per heavy atom. The number of aromatic nitrogens is 5. The molecule has 212 valence electrons. The van der Waals surface area contributed by atoms with E-state index in [2.05, 4.69) is 20.4 Å². The molecule has 0 saturated carbocycles. The number of H-pyrrole nitrogens is 1. The van der Waals surface area contributed by atoms with Gasteiger partial charge in [-0.2, -0.15) is 18.3 Å². The number of fused-ring (bicyclic) bond motifs is 1. The van der Waals surface area contributed by atoms with Crippen LogP contribution in [0.15, 0.2) is 52.6 Å². The predicted octanol–water partition coefficient (Wildman–Crippen LogP) is 4.91. The van der Waals surface area contributed by atoms with E-state index < -0.39 is 66.0 Å². The molecule has 2 N–H and O–H groups in total. The van der Waals surface area contributed by atoms with Crippen molar-refractivity contribution >= 4 is 16.5 Å². The van der Waals surface area contributed by atoms with Gasteiger partial charge in [-0.05, 0) is 30.5 Å². The number of hydrogen-bond donors (Lipinski definition) is 2. The number of nitrogens with one attached hydrogen (secondary N) is 2. The van der Waals surface area contributed by atoms with E-state index in [9.17, 15) is 40.3 Å². The second kappa shape index (κ2) is 11.4. The number of anilines is 1. The minimum absolute atomic E-state index is 0.0793. The highest BCUT2D eigenvalue weighted by Gasteiger charge is 2.37. The normalized spacial score (nSPS) is 14.2. The summed E-state index contributed by atoms with van der Waals surface area (Å²) in [6.07, 6.45) is -4.82. The monoisotopic (exact) mass is 570 g/mol. The van der Waals surface area contributed by atoms with Crippen molar-refractivity contribution in [3.63, 3.8) is 0 Å². The van der Waals surface area contributed by atoms with E-state index in [0.717, 1.165) is 29.2 Å². The van der Waals surface area contributed by atoms with Crippen LogP contribution in [-0.4, -0.2) is 43.6 Å². The maximum atomic E-state index is 14.9. The van der Waals surface area contributed by atoms with Gasteiger partial charge in [-0.1, -0.05) is 0 Å². The van der Waals surface area contributed by atoms with Gasteiger partial charge in [0, 0.05) is 36.6 Å². The van der Waals surface area contributed by atoms with Crippen molar-refractivity contribution in [2.24, 2.45) is 0 Å². The molecule has 0 aliphatic carbocycles. The topological polar surface area (TPSA) is 106 Å². The standard InChI is InChI=1S/C25H21F7N6O2/c1-12(36-20-10-35-37-23(39)21(20)25(30,31)32)4-15(27)11-38-3-2-13-5-17(18(28)6-16(13)24(38)40)22-33-8-14(9-34-22)19(29)7-26/h2-3,5-6,8-10,12,15,19H,4,7,11H2,1H3,(H2,36,37,39)/t12-,15+,19?/m1/s1. The molecule has 3 aromatic heterocycles. The Kier molecular flexibility index (Phi) is 8.21. The van der Waals surface area contributed by atoms with Gasteiger partial charge in [0.25, 0.3) is 11.1 Å². The number of benzene rings is 1. The van der Waals surface area contributed by atoms with Gasteiger partial charge >= 0.3 is 6.18 Å². The highest BCUT2D eigenvalue weighted by atomic mass is 19.4. The van der Waals surface area contributed by atoms with Crippen LogP contribution in [0.25, 0.3) is 22.2 Å². The molecule has 0 radical (unpaired) electrons. The van der Waals surface area contributed by atoms with Crippen LogP contribution >= 0.6 is 0 Å². The fraction of sp³-hybridized carbons (Fsp3) is 0.320. The molecule has 1 unspecified atom stereocenters. The highest BCUT2D eigenvalue weighted by molar-refractivity contribution is 5.86. The number of pyridine rings is 1. The van der Waals surface area contributed by atoms with Crippen LogP contribution in [0.2, 0.25) is 0 Å². The van der Waals surface area contributed by atoms with E-state index >= 15 is 0 Å². The number of nitrogens with zero attached hydrogens (tertiary/aromatic N) is 4. The van der Waals surface area contributed by atoms with Crippen LogP contribution in [-0.2, 0) is 12.7 Å². The average Bonchev–Trinajstić information content (AvgIpc) is 2.89. The Balaban J connectivity index is 1.51. The van der Waals surface area contributed by atoms with Crippen molar-refractivity contribution in [3.8, 4) is 11.4 Å². The summed E-state index contributed by atoms with van der Waals surface area (Å²) < 4.78 is 96.4. The zero-order valence-corrected chi connectivity index (χ0v) is 20.6. The van der Waals surface area contributed by atoms with E-state index in [1.54, 1.807) is 5.10 Å². The summed E-state index contributed by atoms with van der Waals surface area (Å²) >= 11 is 0. The quantitative estimate of drug-likeness (QED) is 0.277. The predicted molar refractivity (Wildman–Crippen MR) is 131 cm³/mol. The molecular weight excluding hydrogens is 549 g/mol. The van der Waals surface area contributed by atoms with E-state index in [0.29, 0.717) is 0 Å². The third kappa shape index (κ3) is 6.13. The Hall–Kier alpha value is -4.30. The van der Waals surface area contributed by atoms with Crippen LogP contribution in [0, 0.1) is 5.82 Å². The summed E-state index contributed by atoms with van der Waals surface area (Å²) in [4.78, 5) is 32.2. The third-order valence-corrected chi connectivity index (χ3v) is 6.02. The highest BCUT2D eigenvalue weighted by Crippen LogP contribution is 2.32. The zero-order chi connectivity index (χ0) is 29.2. The van der Waals surface area contributed by atoms with E-state index in [-0.39, 0.29) is 34.1 Å². The molecule has 1 aromatic carbocycles. The molecule has 8 nitrogen and oxygen atoms in total. The fourth-order valence-electron chi connectivity index (χ4n) is 4.13. The molecule has 4 aromatic rings. The summed E-state index contributed by atoms with van der Waals surface area (Å²) in [7, 11) is 0. The maximum Gasteiger partial charge on any atom is 0.423 e. The number of halogens is 7. The molecule has 0 aliphatic rings. The molecule has 40 heavy (non-hydrogen) atoms. The van der Waals surface area contributed by atoms with Gasteiger partial charge in [-0.3, -0.25) is 9.59 Å². The first kappa shape index (κ1) is 28.7. The zero-order valence-electron chi connectivity index (χ0n) is 20.6. The molecule has 0 spiro atoms. The first-order valence-corrected chi connectivity index (χ1v) is 11.8. The fourth-order valence-corrected chi connectivity index (χ4v) is 4.13. The number of aromatic amines is 1. The van der Waals surface area contributed by atoms with Crippen molar-refractivity contribution in [2.45, 2.75) is 44.5 Å². The molecule has 4 rings (SSSR count). The molecule has 15 heteroatoms. The molecule has 0 aliphatic heterocycles. The maximum absolute atomic E-state index is 14.9. The Bertz CT molecular complexity index is 1620. The van der Waals surface area contributed by atoms with Gasteiger partial charge in [-0.25, -0.2) is 32.6 Å². The van der Waals surface area contributed by atoms with Crippen molar-refractivity contribution < 1.29 is 30.7 Å². The summed E-state index contributed by atoms with van der Waals surface area (Å²) in [6, 6.07) is 2.76. The smallest absolute Gasteiger partial charge is 0.381 e. The van der Waals surface area contributed by atoms with E-state index in [1.807, 2.05) is 0 Å². The van der Waals surface area contributed by atoms with Crippen LogP contribution in [0.4, 0.5) is 36.4 Å². The number of rotatable bonds is 9. The molecule has 3 atom stereocenters. The van der Waals surface area contributed by atoms with Crippen molar-refractivity contribution in [1.29, 1.82) is 0 Å². The Labute approximate surface area is 220 Å². The van der Waals surface area contributed by atoms with Gasteiger partial charge in [0.2, 0.25) is 0 Å². The average molecular weight is 570 g/mol. The second-order valence-corrected chi connectivity index (χ2v) is 9.02. The minimum atomic E-state index is -4.97. The molecule has 3 heterocycles. The molecule has 0 amide bonds. The van der Waals surface area contributed by atoms with Crippen molar-refractivity contribution in [3.05, 3.63) is 80.6 Å². The lowest BCUT2D eigenvalue weighted by atomic mass is 10.1. The summed E-state index contributed by atoms with van der Waals surface area (Å²) in [6.45, 7) is -0.347. The minimum Gasteiger partial charge on any atom is -0.381 e. The second-order valence-electron chi connectivity index (χ2n) is 9.02. The first-order chi connectivity index (χ1) is 18.9. The summed E-state index contributed by atoms with van der Waals surface area (Å²) in [5.41, 5.74) is -4.49. The van der Waals surface area contributed by atoms with Gasteiger partial charge in [0.05, 0.1) is 29.4 Å². The van der Waals surface area contributed by atoms with Crippen molar-refractivity contribution in [2.75, 3.05) is 12.0 Å². The molecule has 0 fully saturated rings. The summed E-state index contributed by atoms with van der Waals surface area (Å²) in [5, 5.41) is 7.67. The SMILES string of the molecule is C[C@H](C[C@H](F)Cn1ccc2cc(-c3ncc(C(F)CF)cn3)c(F)cc2c1=O)Nc1cn[nH]c(=O)c1C(F)(F)F. The van der Waals surface area contributed by atoms with Crippen LogP contribution < -0.4 is 16.4 Å².